The van der Waals surface area contributed by atoms with Crippen LogP contribution in [-0.2, 0) is 0 Å². The van der Waals surface area contributed by atoms with Crippen molar-refractivity contribution in [3.05, 3.63) is 46.3 Å². The highest BCUT2D eigenvalue weighted by molar-refractivity contribution is 6.35. The van der Waals surface area contributed by atoms with Crippen LogP contribution in [0.2, 0.25) is 10.0 Å². The Balaban J connectivity index is 0.00000127. The van der Waals surface area contributed by atoms with Gasteiger partial charge >= 0.3 is 0 Å². The highest BCUT2D eigenvalue weighted by atomic mass is 35.5. The van der Waals surface area contributed by atoms with E-state index in [-0.39, 0.29) is 12.6 Å². The summed E-state index contributed by atoms with van der Waals surface area (Å²) in [6, 6.07) is 3.13. The minimum atomic E-state index is -0.320. The molecular formula is C16H21Cl2N3O2. The van der Waals surface area contributed by atoms with Gasteiger partial charge in [0.2, 0.25) is 5.88 Å². The molecule has 1 atom stereocenters. The fraction of sp³-hybridized carbons (Fsp3) is 0.375. The Bertz CT molecular complexity index is 612. The Labute approximate surface area is 146 Å². The van der Waals surface area contributed by atoms with Crippen LogP contribution in [0.1, 0.15) is 19.4 Å². The normalized spacial score (nSPS) is 11.2. The van der Waals surface area contributed by atoms with Crippen LogP contribution in [0.3, 0.4) is 0 Å². The number of nitrogens with two attached hydrogens (primary N) is 1. The van der Waals surface area contributed by atoms with Gasteiger partial charge in [-0.15, -0.1) is 0 Å². The first-order chi connectivity index (χ1) is 11.0. The first kappa shape index (κ1) is 19.5. The van der Waals surface area contributed by atoms with Crippen LogP contribution < -0.4 is 15.2 Å². The van der Waals surface area contributed by atoms with Gasteiger partial charge in [0, 0.05) is 12.4 Å². The lowest BCUT2D eigenvalue weighted by Crippen LogP contribution is -2.34. The van der Waals surface area contributed by atoms with Crippen molar-refractivity contribution in [1.82, 2.24) is 9.97 Å². The van der Waals surface area contributed by atoms with Gasteiger partial charge in [0.15, 0.2) is 0 Å². The molecule has 2 N–H and O–H groups in total. The molecule has 0 aliphatic heterocycles. The Morgan fingerprint density at radius 2 is 1.78 bits per heavy atom. The van der Waals surface area contributed by atoms with E-state index in [9.17, 15) is 0 Å². The van der Waals surface area contributed by atoms with Gasteiger partial charge in [-0.3, -0.25) is 4.98 Å². The molecule has 0 bridgehead atoms. The summed E-state index contributed by atoms with van der Waals surface area (Å²) in [5, 5.41) is 0.797. The number of hydrogen-bond acceptors (Lipinski definition) is 5. The summed E-state index contributed by atoms with van der Waals surface area (Å²) < 4.78 is 11.0. The Hall–Kier alpha value is -1.56. The summed E-state index contributed by atoms with van der Waals surface area (Å²) in [6.07, 6.45) is 4.85. The van der Waals surface area contributed by atoms with E-state index in [4.69, 9.17) is 38.4 Å². The van der Waals surface area contributed by atoms with Crippen LogP contribution in [0.25, 0.3) is 0 Å². The minimum absolute atomic E-state index is 0.230. The third-order valence-corrected chi connectivity index (χ3v) is 3.00. The van der Waals surface area contributed by atoms with Gasteiger partial charge in [0.1, 0.15) is 24.0 Å². The Morgan fingerprint density at radius 1 is 1.09 bits per heavy atom. The van der Waals surface area contributed by atoms with Crippen molar-refractivity contribution in [2.24, 2.45) is 5.73 Å². The van der Waals surface area contributed by atoms with Crippen molar-refractivity contribution in [2.45, 2.75) is 26.8 Å². The summed E-state index contributed by atoms with van der Waals surface area (Å²) in [7, 11) is 0. The predicted octanol–water partition coefficient (Wildman–Crippen LogP) is 3.90. The standard InChI is InChI=1S/C14H15Cl2N3O2.C2H6/c1-9-2-12(6-18-4-9)20-7-11(17)8-21-14-13(16)3-10(15)5-19-14;1-2/h2-6,11H,7-8,17H2,1H3;1-2H3. The molecule has 0 aromatic carbocycles. The van der Waals surface area contributed by atoms with E-state index >= 15 is 0 Å². The molecule has 0 saturated heterocycles. The van der Waals surface area contributed by atoms with Crippen molar-refractivity contribution >= 4 is 23.2 Å². The largest absolute Gasteiger partial charge is 0.490 e. The summed E-state index contributed by atoms with van der Waals surface area (Å²) in [4.78, 5) is 8.03. The number of ether oxygens (including phenoxy) is 2. The number of nitrogens with zero attached hydrogens (tertiary/aromatic N) is 2. The van der Waals surface area contributed by atoms with E-state index in [0.29, 0.717) is 28.3 Å². The molecule has 126 valence electrons. The Kier molecular flexibility index (Phi) is 8.69. The summed E-state index contributed by atoms with van der Waals surface area (Å²) >= 11 is 11.7. The van der Waals surface area contributed by atoms with Crippen LogP contribution in [0, 0.1) is 6.92 Å². The highest BCUT2D eigenvalue weighted by Gasteiger charge is 2.09. The average Bonchev–Trinajstić information content (AvgIpc) is 2.54. The number of pyridine rings is 2. The van der Waals surface area contributed by atoms with Gasteiger partial charge in [-0.1, -0.05) is 37.0 Å². The summed E-state index contributed by atoms with van der Waals surface area (Å²) in [5.41, 5.74) is 6.94. The Morgan fingerprint density at radius 3 is 2.43 bits per heavy atom. The number of aromatic nitrogens is 2. The number of hydrogen-bond donors (Lipinski definition) is 1. The molecule has 0 spiro atoms. The SMILES string of the molecule is CC.Cc1cncc(OCC(N)COc2ncc(Cl)cc2Cl)c1. The van der Waals surface area contributed by atoms with Crippen LogP contribution in [0.15, 0.2) is 30.7 Å². The second-order valence-electron chi connectivity index (χ2n) is 4.52. The van der Waals surface area contributed by atoms with E-state index < -0.39 is 0 Å². The molecule has 2 heterocycles. The second kappa shape index (κ2) is 10.3. The maximum atomic E-state index is 5.95. The third kappa shape index (κ3) is 7.03. The molecule has 1 unspecified atom stereocenters. The van der Waals surface area contributed by atoms with Gasteiger partial charge in [0.25, 0.3) is 0 Å². The molecule has 0 aliphatic carbocycles. The molecule has 2 aromatic heterocycles. The molecule has 0 amide bonds. The third-order valence-electron chi connectivity index (χ3n) is 2.52. The van der Waals surface area contributed by atoms with Crippen molar-refractivity contribution in [2.75, 3.05) is 13.2 Å². The van der Waals surface area contributed by atoms with Crippen molar-refractivity contribution in [1.29, 1.82) is 0 Å². The first-order valence-electron chi connectivity index (χ1n) is 7.28. The summed E-state index contributed by atoms with van der Waals surface area (Å²) in [5.74, 6) is 0.974. The second-order valence-corrected chi connectivity index (χ2v) is 5.36. The highest BCUT2D eigenvalue weighted by Crippen LogP contribution is 2.24. The van der Waals surface area contributed by atoms with Crippen molar-refractivity contribution in [3.63, 3.8) is 0 Å². The lowest BCUT2D eigenvalue weighted by molar-refractivity contribution is 0.215. The smallest absolute Gasteiger partial charge is 0.232 e. The van der Waals surface area contributed by atoms with E-state index in [1.165, 1.54) is 6.20 Å². The number of halogens is 2. The molecular weight excluding hydrogens is 337 g/mol. The van der Waals surface area contributed by atoms with Crippen LogP contribution in [0.5, 0.6) is 11.6 Å². The fourth-order valence-electron chi connectivity index (χ4n) is 1.55. The lowest BCUT2D eigenvalue weighted by atomic mass is 10.3. The summed E-state index contributed by atoms with van der Waals surface area (Å²) in [6.45, 7) is 6.47. The molecule has 2 aromatic rings. The quantitative estimate of drug-likeness (QED) is 0.848. The maximum Gasteiger partial charge on any atom is 0.232 e. The van der Waals surface area contributed by atoms with Gasteiger partial charge in [-0.25, -0.2) is 4.98 Å². The molecule has 7 heteroatoms. The van der Waals surface area contributed by atoms with Crippen LogP contribution in [-0.4, -0.2) is 29.2 Å². The molecule has 5 nitrogen and oxygen atoms in total. The van der Waals surface area contributed by atoms with Crippen LogP contribution >= 0.6 is 23.2 Å². The zero-order chi connectivity index (χ0) is 17.2. The van der Waals surface area contributed by atoms with Crippen molar-refractivity contribution in [3.8, 4) is 11.6 Å². The monoisotopic (exact) mass is 357 g/mol. The topological polar surface area (TPSA) is 70.3 Å². The molecule has 0 aliphatic rings. The molecule has 0 fully saturated rings. The average molecular weight is 358 g/mol. The predicted molar refractivity (Wildman–Crippen MR) is 93.5 cm³/mol. The molecule has 2 rings (SSSR count). The zero-order valence-electron chi connectivity index (χ0n) is 13.4. The van der Waals surface area contributed by atoms with Gasteiger partial charge in [0.05, 0.1) is 17.3 Å². The van der Waals surface area contributed by atoms with E-state index in [1.54, 1.807) is 18.5 Å². The lowest BCUT2D eigenvalue weighted by Gasteiger charge is -2.14. The first-order valence-corrected chi connectivity index (χ1v) is 8.04. The van der Waals surface area contributed by atoms with Gasteiger partial charge < -0.3 is 15.2 Å². The van der Waals surface area contributed by atoms with Gasteiger partial charge in [-0.2, -0.15) is 0 Å². The van der Waals surface area contributed by atoms with E-state index in [0.717, 1.165) is 5.56 Å². The molecule has 0 saturated carbocycles. The minimum Gasteiger partial charge on any atom is -0.490 e. The maximum absolute atomic E-state index is 5.95. The van der Waals surface area contributed by atoms with Crippen LogP contribution in [0.4, 0.5) is 0 Å². The zero-order valence-corrected chi connectivity index (χ0v) is 14.9. The number of aryl methyl sites for hydroxylation is 1. The number of rotatable bonds is 6. The molecule has 0 radical (unpaired) electrons. The van der Waals surface area contributed by atoms with E-state index in [1.807, 2.05) is 26.8 Å². The fourth-order valence-corrected chi connectivity index (χ4v) is 1.99. The molecule has 23 heavy (non-hydrogen) atoms. The van der Waals surface area contributed by atoms with Crippen molar-refractivity contribution < 1.29 is 9.47 Å². The van der Waals surface area contributed by atoms with E-state index in [2.05, 4.69) is 9.97 Å². The van der Waals surface area contributed by atoms with Gasteiger partial charge in [-0.05, 0) is 24.6 Å².